The minimum atomic E-state index is -3.57. The van der Waals surface area contributed by atoms with Crippen molar-refractivity contribution >= 4 is 21.8 Å². The summed E-state index contributed by atoms with van der Waals surface area (Å²) in [6.07, 6.45) is 7.29. The summed E-state index contributed by atoms with van der Waals surface area (Å²) in [6, 6.07) is 6.39. The highest BCUT2D eigenvalue weighted by molar-refractivity contribution is 7.89. The lowest BCUT2D eigenvalue weighted by Gasteiger charge is -2.35. The molecule has 0 bridgehead atoms. The highest BCUT2D eigenvalue weighted by atomic mass is 32.2. The van der Waals surface area contributed by atoms with Crippen LogP contribution in [0.4, 0.5) is 0 Å². The van der Waals surface area contributed by atoms with Gasteiger partial charge in [0.05, 0.1) is 11.4 Å². The molecule has 1 saturated carbocycles. The first kappa shape index (κ1) is 24.2. The van der Waals surface area contributed by atoms with E-state index >= 15 is 0 Å². The fourth-order valence-electron chi connectivity index (χ4n) is 5.13. The van der Waals surface area contributed by atoms with Gasteiger partial charge in [-0.1, -0.05) is 19.3 Å². The van der Waals surface area contributed by atoms with Crippen LogP contribution >= 0.6 is 0 Å². The maximum atomic E-state index is 13.0. The van der Waals surface area contributed by atoms with E-state index < -0.39 is 10.0 Å². The third-order valence-electron chi connectivity index (χ3n) is 7.34. The minimum absolute atomic E-state index is 0.0544. The number of rotatable bonds is 6. The molecule has 4 rings (SSSR count). The molecule has 0 radical (unpaired) electrons. The summed E-state index contributed by atoms with van der Waals surface area (Å²) in [7, 11) is -1.90. The first-order valence-electron chi connectivity index (χ1n) is 12.2. The third kappa shape index (κ3) is 5.58. The molecule has 1 aromatic carbocycles. The number of piperazine rings is 1. The van der Waals surface area contributed by atoms with Crippen molar-refractivity contribution in [1.29, 1.82) is 0 Å². The van der Waals surface area contributed by atoms with Gasteiger partial charge in [0, 0.05) is 57.9 Å². The summed E-state index contributed by atoms with van der Waals surface area (Å²) >= 11 is 0. The second kappa shape index (κ2) is 10.5. The lowest BCUT2D eigenvalue weighted by Crippen LogP contribution is -2.51. The van der Waals surface area contributed by atoms with Crippen molar-refractivity contribution in [3.05, 3.63) is 29.8 Å². The Morgan fingerprint density at radius 3 is 2.06 bits per heavy atom. The van der Waals surface area contributed by atoms with Gasteiger partial charge in [-0.3, -0.25) is 14.5 Å². The van der Waals surface area contributed by atoms with E-state index in [0.717, 1.165) is 51.6 Å². The first-order chi connectivity index (χ1) is 15.9. The van der Waals surface area contributed by atoms with E-state index in [1.54, 1.807) is 36.2 Å². The van der Waals surface area contributed by atoms with E-state index in [2.05, 4.69) is 4.90 Å². The number of carbonyl (C=O) groups excluding carboxylic acids is 2. The first-order valence-corrected chi connectivity index (χ1v) is 13.7. The largest absolute Gasteiger partial charge is 0.342 e. The maximum Gasteiger partial charge on any atom is 0.253 e. The van der Waals surface area contributed by atoms with Crippen LogP contribution in [-0.4, -0.2) is 98.1 Å². The van der Waals surface area contributed by atoms with Gasteiger partial charge in [0.15, 0.2) is 0 Å². The Balaban J connectivity index is 1.31. The van der Waals surface area contributed by atoms with Crippen LogP contribution in [0.1, 0.15) is 55.3 Å². The molecule has 182 valence electrons. The Hall–Kier alpha value is -1.97. The summed E-state index contributed by atoms with van der Waals surface area (Å²) in [5, 5.41) is 0. The number of carbonyl (C=O) groups is 2. The average molecular weight is 477 g/mol. The van der Waals surface area contributed by atoms with Crippen molar-refractivity contribution in [2.24, 2.45) is 0 Å². The lowest BCUT2D eigenvalue weighted by molar-refractivity contribution is -0.131. The van der Waals surface area contributed by atoms with E-state index in [1.165, 1.54) is 10.7 Å². The number of sulfonamides is 1. The Bertz CT molecular complexity index is 930. The number of hydrogen-bond donors (Lipinski definition) is 0. The number of likely N-dealkylation sites (tertiary alicyclic amines) is 1. The predicted octanol–water partition coefficient (Wildman–Crippen LogP) is 2.02. The summed E-state index contributed by atoms with van der Waals surface area (Å²) < 4.78 is 27.6. The van der Waals surface area contributed by atoms with Crippen LogP contribution in [0.3, 0.4) is 0 Å². The molecule has 2 saturated heterocycles. The molecule has 2 heterocycles. The molecule has 3 aliphatic rings. The van der Waals surface area contributed by atoms with Crippen molar-refractivity contribution < 1.29 is 18.0 Å². The standard InChI is InChI=1S/C24H36N4O4S/c1-25(21-7-3-2-4-8-21)33(31,32)22-11-9-20(10-12-22)24(30)28-17-15-26(16-18-28)19-23(29)27-13-5-6-14-27/h9-12,21H,2-8,13-19H2,1H3. The fraction of sp³-hybridized carbons (Fsp3) is 0.667. The van der Waals surface area contributed by atoms with Crippen LogP contribution in [0, 0.1) is 0 Å². The second-order valence-corrected chi connectivity index (χ2v) is 11.5. The lowest BCUT2D eigenvalue weighted by atomic mass is 9.96. The normalized spacial score (nSPS) is 21.0. The monoisotopic (exact) mass is 476 g/mol. The Labute approximate surface area is 197 Å². The SMILES string of the molecule is CN(C1CCCCC1)S(=O)(=O)c1ccc(C(=O)N2CCN(CC(=O)N3CCCC3)CC2)cc1. The highest BCUT2D eigenvalue weighted by Gasteiger charge is 2.30. The summed E-state index contributed by atoms with van der Waals surface area (Å²) in [5.41, 5.74) is 0.496. The smallest absolute Gasteiger partial charge is 0.253 e. The van der Waals surface area contributed by atoms with Gasteiger partial charge in [0.25, 0.3) is 5.91 Å². The van der Waals surface area contributed by atoms with Crippen molar-refractivity contribution in [2.75, 3.05) is 52.9 Å². The molecule has 0 N–H and O–H groups in total. The zero-order valence-electron chi connectivity index (χ0n) is 19.6. The average Bonchev–Trinajstić information content (AvgIpc) is 3.39. The van der Waals surface area contributed by atoms with Gasteiger partial charge in [-0.15, -0.1) is 0 Å². The van der Waals surface area contributed by atoms with E-state index in [0.29, 0.717) is 38.3 Å². The molecule has 3 fully saturated rings. The van der Waals surface area contributed by atoms with Gasteiger partial charge in [0.1, 0.15) is 0 Å². The van der Waals surface area contributed by atoms with Gasteiger partial charge < -0.3 is 9.80 Å². The number of nitrogens with zero attached hydrogens (tertiary/aromatic N) is 4. The van der Waals surface area contributed by atoms with Crippen LogP contribution in [0.2, 0.25) is 0 Å². The van der Waals surface area contributed by atoms with E-state index in [-0.39, 0.29) is 22.8 Å². The molecule has 0 spiro atoms. The highest BCUT2D eigenvalue weighted by Crippen LogP contribution is 2.26. The van der Waals surface area contributed by atoms with Gasteiger partial charge in [0.2, 0.25) is 15.9 Å². The Kier molecular flexibility index (Phi) is 7.71. The van der Waals surface area contributed by atoms with Crippen LogP contribution in [0.25, 0.3) is 0 Å². The quantitative estimate of drug-likeness (QED) is 0.628. The van der Waals surface area contributed by atoms with Crippen LogP contribution < -0.4 is 0 Å². The van der Waals surface area contributed by atoms with Gasteiger partial charge in [-0.25, -0.2) is 8.42 Å². The molecule has 9 heteroatoms. The zero-order chi connectivity index (χ0) is 23.4. The van der Waals surface area contributed by atoms with E-state index in [9.17, 15) is 18.0 Å². The number of amides is 2. The minimum Gasteiger partial charge on any atom is -0.342 e. The van der Waals surface area contributed by atoms with Crippen molar-refractivity contribution in [3.8, 4) is 0 Å². The van der Waals surface area contributed by atoms with Crippen LogP contribution in [0.5, 0.6) is 0 Å². The molecule has 1 aliphatic carbocycles. The van der Waals surface area contributed by atoms with Crippen LogP contribution in [0.15, 0.2) is 29.2 Å². The van der Waals surface area contributed by atoms with Crippen molar-refractivity contribution in [1.82, 2.24) is 19.0 Å². The molecule has 2 amide bonds. The zero-order valence-corrected chi connectivity index (χ0v) is 20.4. The third-order valence-corrected chi connectivity index (χ3v) is 9.27. The molecule has 1 aromatic rings. The molecule has 33 heavy (non-hydrogen) atoms. The summed E-state index contributed by atoms with van der Waals surface area (Å²) in [4.78, 5) is 31.4. The van der Waals surface area contributed by atoms with Crippen molar-refractivity contribution in [3.63, 3.8) is 0 Å². The molecule has 0 unspecified atom stereocenters. The number of benzene rings is 1. The fourth-order valence-corrected chi connectivity index (χ4v) is 6.54. The van der Waals surface area contributed by atoms with Crippen LogP contribution in [-0.2, 0) is 14.8 Å². The van der Waals surface area contributed by atoms with E-state index in [1.807, 2.05) is 4.90 Å². The molecule has 0 atom stereocenters. The molecule has 0 aromatic heterocycles. The Morgan fingerprint density at radius 2 is 1.45 bits per heavy atom. The van der Waals surface area contributed by atoms with Gasteiger partial charge in [-0.05, 0) is 49.9 Å². The summed E-state index contributed by atoms with van der Waals surface area (Å²) in [5.74, 6) is 0.0902. The predicted molar refractivity (Wildman–Crippen MR) is 126 cm³/mol. The number of hydrogen-bond acceptors (Lipinski definition) is 5. The van der Waals surface area contributed by atoms with E-state index in [4.69, 9.17) is 0 Å². The topological polar surface area (TPSA) is 81.2 Å². The van der Waals surface area contributed by atoms with Gasteiger partial charge in [-0.2, -0.15) is 4.31 Å². The molecular formula is C24H36N4O4S. The molecule has 8 nitrogen and oxygen atoms in total. The Morgan fingerprint density at radius 1 is 0.848 bits per heavy atom. The second-order valence-electron chi connectivity index (χ2n) is 9.49. The van der Waals surface area contributed by atoms with Gasteiger partial charge >= 0.3 is 0 Å². The molecule has 2 aliphatic heterocycles. The summed E-state index contributed by atoms with van der Waals surface area (Å²) in [6.45, 7) is 4.61. The van der Waals surface area contributed by atoms with Crippen molar-refractivity contribution in [2.45, 2.75) is 55.9 Å². The molecular weight excluding hydrogens is 440 g/mol. The maximum absolute atomic E-state index is 13.0.